The van der Waals surface area contributed by atoms with E-state index < -0.39 is 30.2 Å². The second-order valence-electron chi connectivity index (χ2n) is 10.7. The summed E-state index contributed by atoms with van der Waals surface area (Å²) in [6.07, 6.45) is 0.0447. The molecule has 168 valence electrons. The van der Waals surface area contributed by atoms with Gasteiger partial charge in [0.1, 0.15) is 6.23 Å². The summed E-state index contributed by atoms with van der Waals surface area (Å²) in [4.78, 5) is 1.74. The summed E-state index contributed by atoms with van der Waals surface area (Å²) in [6.45, 7) is 16.0. The van der Waals surface area contributed by atoms with Gasteiger partial charge in [-0.2, -0.15) is 0 Å². The number of halogens is 2. The van der Waals surface area contributed by atoms with Crippen molar-refractivity contribution in [3.63, 3.8) is 0 Å². The van der Waals surface area contributed by atoms with E-state index >= 15 is 8.78 Å². The first kappa shape index (κ1) is 23.6. The van der Waals surface area contributed by atoms with Crippen LogP contribution in [0.2, 0.25) is 0 Å². The van der Waals surface area contributed by atoms with Crippen molar-refractivity contribution in [1.82, 2.24) is 4.90 Å². The highest BCUT2D eigenvalue weighted by atomic mass is 19.3. The van der Waals surface area contributed by atoms with Gasteiger partial charge < -0.3 is 14.0 Å². The van der Waals surface area contributed by atoms with Crippen LogP contribution >= 0.6 is 0 Å². The third-order valence-electron chi connectivity index (χ3n) is 6.53. The van der Waals surface area contributed by atoms with Crippen LogP contribution < -0.4 is 5.46 Å². The topological polar surface area (TPSA) is 30.9 Å². The van der Waals surface area contributed by atoms with Gasteiger partial charge in [-0.25, -0.2) is 8.78 Å². The first-order valence-corrected chi connectivity index (χ1v) is 10.9. The Morgan fingerprint density at radius 1 is 1.07 bits per heavy atom. The van der Waals surface area contributed by atoms with Gasteiger partial charge in [0.25, 0.3) is 5.92 Å². The van der Waals surface area contributed by atoms with E-state index in [1.165, 1.54) is 0 Å². The number of ether oxygens (including phenoxy) is 1. The van der Waals surface area contributed by atoms with E-state index in [1.54, 1.807) is 17.0 Å². The lowest BCUT2D eigenvalue weighted by Crippen LogP contribution is -2.52. The molecule has 0 aromatic heterocycles. The molecule has 2 saturated heterocycles. The number of hydrogen-bond donors (Lipinski definition) is 0. The molecule has 2 unspecified atom stereocenters. The van der Waals surface area contributed by atoms with Gasteiger partial charge in [0, 0.05) is 6.54 Å². The van der Waals surface area contributed by atoms with E-state index in [2.05, 4.69) is 0 Å². The summed E-state index contributed by atoms with van der Waals surface area (Å²) in [6, 6.07) is 7.30. The maximum absolute atomic E-state index is 15.1. The Morgan fingerprint density at radius 2 is 1.60 bits per heavy atom. The lowest BCUT2D eigenvalue weighted by atomic mass is 9.77. The minimum atomic E-state index is -2.82. The number of likely N-dealkylation sites (tertiary alicyclic amines) is 1. The molecule has 0 N–H and O–H groups in total. The van der Waals surface area contributed by atoms with Crippen LogP contribution in [0.4, 0.5) is 8.78 Å². The zero-order valence-corrected chi connectivity index (χ0v) is 19.6. The van der Waals surface area contributed by atoms with Crippen LogP contribution in [0.15, 0.2) is 24.3 Å². The SMILES string of the molecule is CC(OC(C)(C)C)N1CCC(c2ccc(B3OC(C)(C)C(C)(C)O3)cc2)C(F)(F)C1. The molecule has 0 bridgehead atoms. The zero-order chi connectivity index (χ0) is 22.5. The minimum Gasteiger partial charge on any atom is -0.399 e. The summed E-state index contributed by atoms with van der Waals surface area (Å²) in [7, 11) is -0.484. The largest absolute Gasteiger partial charge is 0.494 e. The molecule has 0 aliphatic carbocycles. The maximum Gasteiger partial charge on any atom is 0.494 e. The second kappa shape index (κ2) is 7.84. The molecule has 2 atom stereocenters. The second-order valence-corrected chi connectivity index (χ2v) is 10.7. The fourth-order valence-electron chi connectivity index (χ4n) is 4.14. The molecule has 2 aliphatic heterocycles. The van der Waals surface area contributed by atoms with Crippen molar-refractivity contribution in [2.45, 2.75) is 96.7 Å². The normalized spacial score (nSPS) is 27.3. The molecule has 0 amide bonds. The van der Waals surface area contributed by atoms with Gasteiger partial charge in [-0.15, -0.1) is 0 Å². The van der Waals surface area contributed by atoms with E-state index in [9.17, 15) is 0 Å². The Morgan fingerprint density at radius 3 is 2.07 bits per heavy atom. The molecule has 30 heavy (non-hydrogen) atoms. The zero-order valence-electron chi connectivity index (χ0n) is 19.6. The van der Waals surface area contributed by atoms with Crippen LogP contribution in [0.25, 0.3) is 0 Å². The Kier molecular flexibility index (Phi) is 6.18. The van der Waals surface area contributed by atoms with E-state index in [4.69, 9.17) is 14.0 Å². The number of piperidine rings is 1. The van der Waals surface area contributed by atoms with Crippen LogP contribution in [0.1, 0.15) is 73.3 Å². The first-order valence-electron chi connectivity index (χ1n) is 10.9. The Bertz CT molecular complexity index is 730. The molecule has 4 nitrogen and oxygen atoms in total. The first-order chi connectivity index (χ1) is 13.6. The Hall–Kier alpha value is -1.02. The molecule has 3 rings (SSSR count). The Balaban J connectivity index is 1.69. The van der Waals surface area contributed by atoms with Gasteiger partial charge in [0.2, 0.25) is 0 Å². The highest BCUT2D eigenvalue weighted by molar-refractivity contribution is 6.62. The van der Waals surface area contributed by atoms with Crippen molar-refractivity contribution < 1.29 is 22.8 Å². The summed E-state index contributed by atoms with van der Waals surface area (Å²) >= 11 is 0. The van der Waals surface area contributed by atoms with E-state index in [0.717, 1.165) is 5.46 Å². The van der Waals surface area contributed by atoms with Crippen LogP contribution in [-0.4, -0.2) is 54.1 Å². The van der Waals surface area contributed by atoms with Crippen LogP contribution in [0.5, 0.6) is 0 Å². The molecule has 1 aromatic carbocycles. The molecule has 1 aromatic rings. The van der Waals surface area contributed by atoms with E-state index in [0.29, 0.717) is 18.5 Å². The lowest BCUT2D eigenvalue weighted by molar-refractivity contribution is -0.169. The summed E-state index contributed by atoms with van der Waals surface area (Å²) in [5.74, 6) is -3.62. The smallest absolute Gasteiger partial charge is 0.399 e. The van der Waals surface area contributed by atoms with Crippen molar-refractivity contribution in [2.24, 2.45) is 0 Å². The van der Waals surface area contributed by atoms with Gasteiger partial charge in [-0.1, -0.05) is 24.3 Å². The van der Waals surface area contributed by atoms with Crippen molar-refractivity contribution in [2.75, 3.05) is 13.1 Å². The monoisotopic (exact) mass is 423 g/mol. The molecule has 2 aliphatic rings. The Labute approximate surface area is 180 Å². The van der Waals surface area contributed by atoms with Crippen LogP contribution in [-0.2, 0) is 14.0 Å². The fraction of sp³-hybridized carbons (Fsp3) is 0.739. The van der Waals surface area contributed by atoms with Crippen molar-refractivity contribution in [1.29, 1.82) is 0 Å². The molecule has 0 saturated carbocycles. The van der Waals surface area contributed by atoms with Gasteiger partial charge in [-0.3, -0.25) is 4.90 Å². The molecule has 0 spiro atoms. The number of rotatable bonds is 4. The predicted octanol–water partition coefficient (Wildman–Crippen LogP) is 4.57. The van der Waals surface area contributed by atoms with Crippen LogP contribution in [0.3, 0.4) is 0 Å². The van der Waals surface area contributed by atoms with Gasteiger partial charge in [0.15, 0.2) is 0 Å². The number of alkyl halides is 2. The molecular formula is C23H36BF2NO3. The van der Waals surface area contributed by atoms with E-state index in [1.807, 2.05) is 67.5 Å². The standard InChI is InChI=1S/C23H36BF2NO3/c1-16(28-20(2,3)4)27-14-13-19(23(25,26)15-27)17-9-11-18(12-10-17)24-29-21(5,6)22(7,8)30-24/h9-12,16,19H,13-15H2,1-8H3. The number of benzene rings is 1. The predicted molar refractivity (Wildman–Crippen MR) is 116 cm³/mol. The molecule has 0 radical (unpaired) electrons. The van der Waals surface area contributed by atoms with Crippen LogP contribution in [0, 0.1) is 0 Å². The molecular weight excluding hydrogens is 387 g/mol. The van der Waals surface area contributed by atoms with Crippen molar-refractivity contribution in [3.8, 4) is 0 Å². The highest BCUT2D eigenvalue weighted by Gasteiger charge is 2.52. The average molecular weight is 423 g/mol. The minimum absolute atomic E-state index is 0.298. The number of nitrogens with zero attached hydrogens (tertiary/aromatic N) is 1. The average Bonchev–Trinajstić information content (AvgIpc) is 2.80. The fourth-order valence-corrected chi connectivity index (χ4v) is 4.14. The van der Waals surface area contributed by atoms with Gasteiger partial charge in [-0.05, 0) is 72.8 Å². The highest BCUT2D eigenvalue weighted by Crippen LogP contribution is 2.41. The lowest BCUT2D eigenvalue weighted by Gasteiger charge is -2.42. The van der Waals surface area contributed by atoms with Crippen molar-refractivity contribution >= 4 is 12.6 Å². The summed E-state index contributed by atoms with van der Waals surface area (Å²) in [5, 5.41) is 0. The van der Waals surface area contributed by atoms with Gasteiger partial charge >= 0.3 is 7.12 Å². The molecule has 2 heterocycles. The number of hydrogen-bond acceptors (Lipinski definition) is 4. The van der Waals surface area contributed by atoms with Crippen molar-refractivity contribution in [3.05, 3.63) is 29.8 Å². The third-order valence-corrected chi connectivity index (χ3v) is 6.53. The van der Waals surface area contributed by atoms with Gasteiger partial charge in [0.05, 0.1) is 29.3 Å². The maximum atomic E-state index is 15.1. The summed E-state index contributed by atoms with van der Waals surface area (Å²) in [5.41, 5.74) is 0.286. The van der Waals surface area contributed by atoms with E-state index in [-0.39, 0.29) is 18.4 Å². The quantitative estimate of drug-likeness (QED) is 0.664. The summed E-state index contributed by atoms with van der Waals surface area (Å²) < 4.78 is 48.1. The molecule has 7 heteroatoms. The third kappa shape index (κ3) is 4.90. The molecule has 2 fully saturated rings.